The summed E-state index contributed by atoms with van der Waals surface area (Å²) in [4.78, 5) is 26.6. The Bertz CT molecular complexity index is 1040. The van der Waals surface area contributed by atoms with Crippen molar-refractivity contribution in [2.24, 2.45) is 0 Å². The maximum absolute atomic E-state index is 13.1. The predicted octanol–water partition coefficient (Wildman–Crippen LogP) is 4.87. The number of nitriles is 1. The van der Waals surface area contributed by atoms with E-state index in [9.17, 15) is 19.2 Å². The first-order valence-electron chi connectivity index (χ1n) is 9.51. The predicted molar refractivity (Wildman–Crippen MR) is 107 cm³/mol. The minimum atomic E-state index is -0.547. The van der Waals surface area contributed by atoms with Crippen LogP contribution in [0.15, 0.2) is 57.5 Å². The number of hydrogen-bond donors (Lipinski definition) is 0. The summed E-state index contributed by atoms with van der Waals surface area (Å²) < 4.78 is 18.9. The van der Waals surface area contributed by atoms with Gasteiger partial charge in [-0.2, -0.15) is 5.26 Å². The van der Waals surface area contributed by atoms with Gasteiger partial charge in [0.05, 0.1) is 0 Å². The van der Waals surface area contributed by atoms with Crippen LogP contribution >= 0.6 is 0 Å². The van der Waals surface area contributed by atoms with Gasteiger partial charge in [-0.3, -0.25) is 14.5 Å². The molecule has 0 aliphatic carbocycles. The highest BCUT2D eigenvalue weighted by Gasteiger charge is 2.35. The number of halogens is 1. The first-order chi connectivity index (χ1) is 14.0. The largest absolute Gasteiger partial charge is 0.457 e. The summed E-state index contributed by atoms with van der Waals surface area (Å²) in [7, 11) is 0. The van der Waals surface area contributed by atoms with Gasteiger partial charge in [0.15, 0.2) is 0 Å². The van der Waals surface area contributed by atoms with E-state index >= 15 is 0 Å². The molecule has 2 aromatic rings. The van der Waals surface area contributed by atoms with Gasteiger partial charge in [-0.05, 0) is 61.4 Å². The maximum atomic E-state index is 13.1. The van der Waals surface area contributed by atoms with Crippen LogP contribution in [0.1, 0.15) is 38.9 Å². The highest BCUT2D eigenvalue weighted by atomic mass is 19.1. The Morgan fingerprint density at radius 3 is 2.48 bits per heavy atom. The lowest BCUT2D eigenvalue weighted by Gasteiger charge is -2.27. The Labute approximate surface area is 168 Å². The molecule has 0 saturated carbocycles. The number of unbranched alkanes of at least 4 members (excludes halogenated alkanes) is 2. The molecule has 1 aromatic heterocycles. The second kappa shape index (κ2) is 8.70. The molecule has 2 amide bonds. The van der Waals surface area contributed by atoms with Gasteiger partial charge in [-0.15, -0.1) is 0 Å². The second-order valence-corrected chi connectivity index (χ2v) is 6.85. The Balaban J connectivity index is 1.95. The number of imide groups is 1. The van der Waals surface area contributed by atoms with E-state index in [0.29, 0.717) is 29.1 Å². The molecule has 0 atom stereocenters. The SMILES string of the molecule is CCCCCN1C(=O)C(C#N)=C(C)/C(=C\c2ccc(-c3ccc(F)cc3)o2)C1=O. The van der Waals surface area contributed by atoms with E-state index in [1.54, 1.807) is 37.3 Å². The molecule has 0 bridgehead atoms. The van der Waals surface area contributed by atoms with Gasteiger partial charge in [-0.1, -0.05) is 19.8 Å². The third-order valence-electron chi connectivity index (χ3n) is 4.85. The minimum Gasteiger partial charge on any atom is -0.457 e. The number of carbonyl (C=O) groups excluding carboxylic acids is 2. The van der Waals surface area contributed by atoms with Crippen LogP contribution in [0.2, 0.25) is 0 Å². The van der Waals surface area contributed by atoms with Crippen molar-refractivity contribution in [3.63, 3.8) is 0 Å². The van der Waals surface area contributed by atoms with E-state index in [1.165, 1.54) is 12.1 Å². The molecule has 5 nitrogen and oxygen atoms in total. The van der Waals surface area contributed by atoms with Crippen LogP contribution in [0.3, 0.4) is 0 Å². The van der Waals surface area contributed by atoms with Gasteiger partial charge < -0.3 is 4.42 Å². The molecule has 0 fully saturated rings. The molecule has 2 heterocycles. The van der Waals surface area contributed by atoms with Crippen molar-refractivity contribution in [3.05, 3.63) is 64.7 Å². The summed E-state index contributed by atoms with van der Waals surface area (Å²) >= 11 is 0. The number of amides is 2. The molecule has 0 radical (unpaired) electrons. The van der Waals surface area contributed by atoms with Crippen molar-refractivity contribution in [2.45, 2.75) is 33.1 Å². The average Bonchev–Trinajstić information content (AvgIpc) is 3.17. The van der Waals surface area contributed by atoms with Gasteiger partial charge in [0.1, 0.15) is 29.0 Å². The molecule has 3 rings (SSSR count). The van der Waals surface area contributed by atoms with Crippen LogP contribution < -0.4 is 0 Å². The zero-order valence-corrected chi connectivity index (χ0v) is 16.4. The van der Waals surface area contributed by atoms with Gasteiger partial charge in [0.25, 0.3) is 11.8 Å². The number of hydrogen-bond acceptors (Lipinski definition) is 4. The van der Waals surface area contributed by atoms with Crippen molar-refractivity contribution >= 4 is 17.9 Å². The molecule has 1 aromatic carbocycles. The molecular formula is C23H21FN2O3. The van der Waals surface area contributed by atoms with Gasteiger partial charge >= 0.3 is 0 Å². The molecule has 1 aliphatic rings. The normalized spacial score (nSPS) is 15.9. The highest BCUT2D eigenvalue weighted by molar-refractivity contribution is 6.19. The molecule has 0 saturated heterocycles. The smallest absolute Gasteiger partial charge is 0.271 e. The number of benzene rings is 1. The molecule has 0 unspecified atom stereocenters. The summed E-state index contributed by atoms with van der Waals surface area (Å²) in [5.41, 5.74) is 1.27. The van der Waals surface area contributed by atoms with Crippen molar-refractivity contribution in [2.75, 3.05) is 6.54 Å². The molecule has 1 aliphatic heterocycles. The minimum absolute atomic E-state index is 0.0299. The van der Waals surface area contributed by atoms with Crippen LogP contribution in [0.25, 0.3) is 17.4 Å². The molecule has 0 spiro atoms. The number of furan rings is 1. The first-order valence-corrected chi connectivity index (χ1v) is 9.51. The Morgan fingerprint density at radius 1 is 1.10 bits per heavy atom. The lowest BCUT2D eigenvalue weighted by molar-refractivity contribution is -0.140. The van der Waals surface area contributed by atoms with E-state index in [2.05, 4.69) is 0 Å². The third kappa shape index (κ3) is 4.19. The molecular weight excluding hydrogens is 371 g/mol. The third-order valence-corrected chi connectivity index (χ3v) is 4.85. The first kappa shape index (κ1) is 20.3. The van der Waals surface area contributed by atoms with Gasteiger partial charge in [0, 0.05) is 17.7 Å². The summed E-state index contributed by atoms with van der Waals surface area (Å²) in [5, 5.41) is 9.42. The van der Waals surface area contributed by atoms with E-state index in [4.69, 9.17) is 4.42 Å². The van der Waals surface area contributed by atoms with Crippen LogP contribution in [-0.4, -0.2) is 23.3 Å². The van der Waals surface area contributed by atoms with Crippen LogP contribution in [0.4, 0.5) is 4.39 Å². The number of carbonyl (C=O) groups is 2. The topological polar surface area (TPSA) is 74.3 Å². The van der Waals surface area contributed by atoms with Crippen LogP contribution in [0.5, 0.6) is 0 Å². The Hall–Kier alpha value is -3.46. The fraction of sp³-hybridized carbons (Fsp3) is 0.261. The Kier molecular flexibility index (Phi) is 6.08. The van der Waals surface area contributed by atoms with E-state index in [0.717, 1.165) is 17.7 Å². The summed E-state index contributed by atoms with van der Waals surface area (Å²) in [6, 6.07) is 11.2. The molecule has 29 heavy (non-hydrogen) atoms. The quantitative estimate of drug-likeness (QED) is 0.399. The summed E-state index contributed by atoms with van der Waals surface area (Å²) in [6.45, 7) is 3.90. The van der Waals surface area contributed by atoms with Crippen LogP contribution in [0, 0.1) is 17.1 Å². The summed E-state index contributed by atoms with van der Waals surface area (Å²) in [6.07, 6.45) is 4.08. The van der Waals surface area contributed by atoms with Crippen LogP contribution in [-0.2, 0) is 9.59 Å². The second-order valence-electron chi connectivity index (χ2n) is 6.85. The van der Waals surface area contributed by atoms with Crippen molar-refractivity contribution in [1.29, 1.82) is 5.26 Å². The summed E-state index contributed by atoms with van der Waals surface area (Å²) in [5.74, 6) is -0.379. The lowest BCUT2D eigenvalue weighted by Crippen LogP contribution is -2.43. The number of nitrogens with zero attached hydrogens (tertiary/aromatic N) is 2. The van der Waals surface area contributed by atoms with Gasteiger partial charge in [-0.25, -0.2) is 4.39 Å². The zero-order valence-electron chi connectivity index (χ0n) is 16.4. The fourth-order valence-corrected chi connectivity index (χ4v) is 3.19. The molecule has 148 valence electrons. The van der Waals surface area contributed by atoms with Crippen molar-refractivity contribution in [3.8, 4) is 17.4 Å². The van der Waals surface area contributed by atoms with Crippen molar-refractivity contribution in [1.82, 2.24) is 4.90 Å². The van der Waals surface area contributed by atoms with Gasteiger partial charge in [0.2, 0.25) is 0 Å². The van der Waals surface area contributed by atoms with E-state index in [-0.39, 0.29) is 23.5 Å². The van der Waals surface area contributed by atoms with E-state index < -0.39 is 11.8 Å². The molecule has 0 N–H and O–H groups in total. The maximum Gasteiger partial charge on any atom is 0.271 e. The monoisotopic (exact) mass is 392 g/mol. The zero-order chi connectivity index (χ0) is 21.0. The molecule has 6 heteroatoms. The Morgan fingerprint density at radius 2 is 1.83 bits per heavy atom. The number of rotatable bonds is 6. The van der Waals surface area contributed by atoms with E-state index in [1.807, 2.05) is 13.0 Å². The highest BCUT2D eigenvalue weighted by Crippen LogP contribution is 2.29. The van der Waals surface area contributed by atoms with Crippen molar-refractivity contribution < 1.29 is 18.4 Å². The average molecular weight is 392 g/mol. The standard InChI is InChI=1S/C23H21FN2O3/c1-3-4-5-12-26-22(27)19(15(2)20(14-25)23(26)28)13-18-10-11-21(29-18)16-6-8-17(24)9-7-16/h6-11,13H,3-5,12H2,1-2H3/b19-13+. The lowest BCUT2D eigenvalue weighted by atomic mass is 9.94. The fourth-order valence-electron chi connectivity index (χ4n) is 3.19.